The molecule has 0 atom stereocenters. The van der Waals surface area contributed by atoms with Crippen molar-refractivity contribution in [3.05, 3.63) is 30.3 Å². The Hall–Kier alpha value is -1.60. The van der Waals surface area contributed by atoms with Crippen LogP contribution < -0.4 is 17.0 Å². The Morgan fingerprint density at radius 3 is 2.36 bits per heavy atom. The number of hydrogen-bond donors (Lipinski definition) is 3. The second-order valence-corrected chi connectivity index (χ2v) is 4.01. The Bertz CT molecular complexity index is 426. The highest BCUT2D eigenvalue weighted by atomic mass is 32.2. The maximum Gasteiger partial charge on any atom is 0.285 e. The average Bonchev–Trinajstić information content (AvgIpc) is 2.18. The minimum Gasteiger partial charge on any atom is -0.368 e. The minimum absolute atomic E-state index is 0.0678. The molecule has 1 rings (SSSR count). The van der Waals surface area contributed by atoms with Gasteiger partial charge in [-0.1, -0.05) is 18.2 Å². The Labute approximate surface area is 81.7 Å². The molecule has 0 aliphatic carbocycles. The number of rotatable bonds is 2. The molecule has 0 amide bonds. The van der Waals surface area contributed by atoms with Crippen LogP contribution in [-0.2, 0) is 10.0 Å². The molecule has 0 aliphatic heterocycles. The maximum atomic E-state index is 11.4. The Morgan fingerprint density at radius 1 is 1.29 bits per heavy atom. The van der Waals surface area contributed by atoms with E-state index in [0.29, 0.717) is 0 Å². The molecule has 0 aliphatic rings. The monoisotopic (exact) mass is 214 g/mol. The Kier molecular flexibility index (Phi) is 3.05. The lowest BCUT2D eigenvalue weighted by molar-refractivity contribution is 0.597. The third-order valence-corrected chi connectivity index (χ3v) is 2.71. The van der Waals surface area contributed by atoms with Gasteiger partial charge in [0.15, 0.2) is 0 Å². The lowest BCUT2D eigenvalue weighted by Gasteiger charge is -1.99. The zero-order valence-electron chi connectivity index (χ0n) is 7.21. The van der Waals surface area contributed by atoms with Crippen molar-refractivity contribution in [1.82, 2.24) is 5.43 Å². The summed E-state index contributed by atoms with van der Waals surface area (Å²) >= 11 is 0. The summed E-state index contributed by atoms with van der Waals surface area (Å²) in [5.41, 5.74) is 7.07. The van der Waals surface area contributed by atoms with Gasteiger partial charge < -0.3 is 5.73 Å². The van der Waals surface area contributed by atoms with Gasteiger partial charge in [0.2, 0.25) is 5.96 Å². The van der Waals surface area contributed by atoms with Crippen molar-refractivity contribution in [3.63, 3.8) is 0 Å². The van der Waals surface area contributed by atoms with Crippen LogP contribution in [0.15, 0.2) is 39.6 Å². The van der Waals surface area contributed by atoms with Crippen molar-refractivity contribution in [2.24, 2.45) is 16.0 Å². The minimum atomic E-state index is -3.75. The van der Waals surface area contributed by atoms with E-state index in [-0.39, 0.29) is 10.9 Å². The van der Waals surface area contributed by atoms with Crippen LogP contribution in [0.25, 0.3) is 0 Å². The number of hydrogen-bond acceptors (Lipinski definition) is 3. The van der Waals surface area contributed by atoms with E-state index < -0.39 is 10.0 Å². The van der Waals surface area contributed by atoms with Gasteiger partial charge in [0, 0.05) is 0 Å². The molecule has 0 saturated carbocycles. The molecule has 6 nitrogen and oxygen atoms in total. The van der Waals surface area contributed by atoms with Crippen molar-refractivity contribution in [1.29, 1.82) is 0 Å². The lowest BCUT2D eigenvalue weighted by atomic mass is 10.4. The highest BCUT2D eigenvalue weighted by Crippen LogP contribution is 2.10. The van der Waals surface area contributed by atoms with Gasteiger partial charge in [-0.2, -0.15) is 8.42 Å². The SMILES string of the molecule is NNC(N)=NS(=O)(=O)c1ccccc1. The van der Waals surface area contributed by atoms with Gasteiger partial charge in [-0.25, -0.2) is 5.84 Å². The molecule has 0 heterocycles. The number of nitrogens with one attached hydrogen (secondary N) is 1. The van der Waals surface area contributed by atoms with Crippen LogP contribution in [0, 0.1) is 0 Å². The molecule has 0 fully saturated rings. The van der Waals surface area contributed by atoms with E-state index in [2.05, 4.69) is 4.40 Å². The van der Waals surface area contributed by atoms with E-state index in [9.17, 15) is 8.42 Å². The van der Waals surface area contributed by atoms with Gasteiger partial charge in [0.05, 0.1) is 4.90 Å². The first-order valence-electron chi connectivity index (χ1n) is 3.68. The van der Waals surface area contributed by atoms with Crippen molar-refractivity contribution < 1.29 is 8.42 Å². The molecular formula is C7H10N4O2S. The van der Waals surface area contributed by atoms with Crippen LogP contribution in [0.5, 0.6) is 0 Å². The molecule has 0 radical (unpaired) electrons. The van der Waals surface area contributed by atoms with E-state index in [4.69, 9.17) is 11.6 Å². The molecule has 1 aromatic rings. The van der Waals surface area contributed by atoms with Crippen molar-refractivity contribution in [2.75, 3.05) is 0 Å². The summed E-state index contributed by atoms with van der Waals surface area (Å²) in [6.45, 7) is 0. The normalized spacial score (nSPS) is 12.5. The molecule has 76 valence electrons. The van der Waals surface area contributed by atoms with E-state index >= 15 is 0 Å². The van der Waals surface area contributed by atoms with Crippen LogP contribution in [0.2, 0.25) is 0 Å². The van der Waals surface area contributed by atoms with Crippen LogP contribution in [-0.4, -0.2) is 14.4 Å². The molecule has 0 unspecified atom stereocenters. The van der Waals surface area contributed by atoms with Gasteiger partial charge in [-0.15, -0.1) is 4.40 Å². The topological polar surface area (TPSA) is 111 Å². The smallest absolute Gasteiger partial charge is 0.285 e. The maximum absolute atomic E-state index is 11.4. The summed E-state index contributed by atoms with van der Waals surface area (Å²) in [6.07, 6.45) is 0. The largest absolute Gasteiger partial charge is 0.368 e. The van der Waals surface area contributed by atoms with Crippen molar-refractivity contribution >= 4 is 16.0 Å². The molecule has 7 heteroatoms. The number of nitrogens with zero attached hydrogens (tertiary/aromatic N) is 1. The number of guanidine groups is 1. The van der Waals surface area contributed by atoms with Gasteiger partial charge >= 0.3 is 0 Å². The van der Waals surface area contributed by atoms with Crippen LogP contribution in [0.1, 0.15) is 0 Å². The molecule has 0 aromatic heterocycles. The standard InChI is InChI=1S/C7H10N4O2S/c8-7(10-9)11-14(12,13)6-4-2-1-3-5-6/h1-5H,9H2,(H3,8,10,11). The first kappa shape index (κ1) is 10.5. The zero-order valence-corrected chi connectivity index (χ0v) is 8.03. The quantitative estimate of drug-likeness (QED) is 0.257. The second kappa shape index (κ2) is 4.07. The predicted octanol–water partition coefficient (Wildman–Crippen LogP) is -0.847. The number of benzene rings is 1. The fraction of sp³-hybridized carbons (Fsp3) is 0. The van der Waals surface area contributed by atoms with E-state index in [0.717, 1.165) is 0 Å². The molecule has 0 saturated heterocycles. The van der Waals surface area contributed by atoms with Gasteiger partial charge in [0.1, 0.15) is 0 Å². The summed E-state index contributed by atoms with van der Waals surface area (Å²) in [5, 5.41) is 0. The Balaban J connectivity index is 3.11. The summed E-state index contributed by atoms with van der Waals surface area (Å²) in [4.78, 5) is 0.0678. The number of hydrazine groups is 1. The number of nitrogens with two attached hydrogens (primary N) is 2. The lowest BCUT2D eigenvalue weighted by Crippen LogP contribution is -2.37. The first-order chi connectivity index (χ1) is 6.56. The number of sulfonamides is 1. The first-order valence-corrected chi connectivity index (χ1v) is 5.12. The van der Waals surface area contributed by atoms with E-state index in [1.807, 2.05) is 5.43 Å². The second-order valence-electron chi connectivity index (χ2n) is 2.41. The molecule has 14 heavy (non-hydrogen) atoms. The summed E-state index contributed by atoms with van der Waals surface area (Å²) < 4.78 is 26.1. The van der Waals surface area contributed by atoms with Crippen LogP contribution >= 0.6 is 0 Å². The summed E-state index contributed by atoms with van der Waals surface area (Å²) in [5.74, 6) is 4.53. The predicted molar refractivity (Wildman–Crippen MR) is 52.6 cm³/mol. The zero-order chi connectivity index (χ0) is 10.6. The average molecular weight is 214 g/mol. The summed E-state index contributed by atoms with van der Waals surface area (Å²) in [7, 11) is -3.75. The molecule has 1 aromatic carbocycles. The summed E-state index contributed by atoms with van der Waals surface area (Å²) in [6, 6.07) is 7.72. The molecule has 0 bridgehead atoms. The molecular weight excluding hydrogens is 204 g/mol. The van der Waals surface area contributed by atoms with Crippen LogP contribution in [0.3, 0.4) is 0 Å². The van der Waals surface area contributed by atoms with Gasteiger partial charge in [0.25, 0.3) is 10.0 Å². The Morgan fingerprint density at radius 2 is 1.86 bits per heavy atom. The highest BCUT2D eigenvalue weighted by molar-refractivity contribution is 7.90. The highest BCUT2D eigenvalue weighted by Gasteiger charge is 2.11. The fourth-order valence-electron chi connectivity index (χ4n) is 0.801. The van der Waals surface area contributed by atoms with Crippen molar-refractivity contribution in [3.8, 4) is 0 Å². The van der Waals surface area contributed by atoms with Crippen LogP contribution in [0.4, 0.5) is 0 Å². The van der Waals surface area contributed by atoms with E-state index in [1.54, 1.807) is 18.2 Å². The van der Waals surface area contributed by atoms with E-state index in [1.165, 1.54) is 12.1 Å². The van der Waals surface area contributed by atoms with Gasteiger partial charge in [-0.05, 0) is 12.1 Å². The third-order valence-electron chi connectivity index (χ3n) is 1.41. The third kappa shape index (κ3) is 2.44. The molecule has 0 spiro atoms. The molecule has 5 N–H and O–H groups in total. The van der Waals surface area contributed by atoms with Gasteiger partial charge in [-0.3, -0.25) is 5.43 Å². The van der Waals surface area contributed by atoms with Crippen molar-refractivity contribution in [2.45, 2.75) is 4.90 Å². The fourth-order valence-corrected chi connectivity index (χ4v) is 1.72.